The summed E-state index contributed by atoms with van der Waals surface area (Å²) in [5, 5.41) is 8.19. The second-order valence-electron chi connectivity index (χ2n) is 3.05. The average molecular weight is 143 g/mol. The quantitative estimate of drug-likeness (QED) is 0.456. The fourth-order valence-corrected chi connectivity index (χ4v) is 1.17. The van der Waals surface area contributed by atoms with Gasteiger partial charge in [0.05, 0.1) is 0 Å². The van der Waals surface area contributed by atoms with Crippen molar-refractivity contribution >= 4 is 5.91 Å². The third-order valence-corrected chi connectivity index (χ3v) is 2.06. The van der Waals surface area contributed by atoms with E-state index in [1.54, 1.807) is 5.48 Å². The number of rotatable bonds is 3. The molecule has 0 spiro atoms. The highest BCUT2D eigenvalue weighted by Gasteiger charge is 2.28. The molecule has 2 N–H and O–H groups in total. The molecule has 0 aromatic rings. The van der Waals surface area contributed by atoms with Crippen LogP contribution in [-0.2, 0) is 4.79 Å². The van der Waals surface area contributed by atoms with Crippen molar-refractivity contribution in [1.29, 1.82) is 0 Å². The number of hydrogen-bond acceptors (Lipinski definition) is 2. The van der Waals surface area contributed by atoms with Gasteiger partial charge in [0.2, 0.25) is 5.91 Å². The molecule has 1 rings (SSSR count). The minimum atomic E-state index is -0.264. The van der Waals surface area contributed by atoms with Crippen LogP contribution in [0.2, 0.25) is 0 Å². The van der Waals surface area contributed by atoms with Gasteiger partial charge in [-0.1, -0.05) is 6.92 Å². The lowest BCUT2D eigenvalue weighted by molar-refractivity contribution is -0.130. The van der Waals surface area contributed by atoms with E-state index in [2.05, 4.69) is 0 Å². The zero-order chi connectivity index (χ0) is 7.56. The minimum Gasteiger partial charge on any atom is -0.289 e. The predicted octanol–water partition coefficient (Wildman–Crippen LogP) is 0.928. The summed E-state index contributed by atoms with van der Waals surface area (Å²) in [6.07, 6.45) is 2.96. The van der Waals surface area contributed by atoms with Gasteiger partial charge in [-0.15, -0.1) is 0 Å². The van der Waals surface area contributed by atoms with Crippen molar-refractivity contribution in [1.82, 2.24) is 5.48 Å². The fourth-order valence-electron chi connectivity index (χ4n) is 1.17. The van der Waals surface area contributed by atoms with E-state index in [-0.39, 0.29) is 5.91 Å². The van der Waals surface area contributed by atoms with Crippen LogP contribution in [0.5, 0.6) is 0 Å². The van der Waals surface area contributed by atoms with Crippen LogP contribution in [0, 0.1) is 11.8 Å². The molecule has 1 saturated carbocycles. The lowest BCUT2D eigenvalue weighted by Gasteiger charge is -2.06. The van der Waals surface area contributed by atoms with Crippen LogP contribution in [0.4, 0.5) is 0 Å². The first-order valence-electron chi connectivity index (χ1n) is 3.67. The molecule has 1 fully saturated rings. The molecule has 10 heavy (non-hydrogen) atoms. The Labute approximate surface area is 60.4 Å². The molecule has 0 saturated heterocycles. The van der Waals surface area contributed by atoms with Gasteiger partial charge < -0.3 is 0 Å². The minimum absolute atomic E-state index is 0.264. The normalized spacial score (nSPS) is 20.2. The molecule has 1 amide bonds. The van der Waals surface area contributed by atoms with E-state index in [0.717, 1.165) is 5.92 Å². The fraction of sp³-hybridized carbons (Fsp3) is 0.857. The van der Waals surface area contributed by atoms with E-state index in [1.807, 2.05) is 6.92 Å². The molecule has 0 aromatic carbocycles. The van der Waals surface area contributed by atoms with Crippen LogP contribution >= 0.6 is 0 Å². The molecule has 58 valence electrons. The van der Waals surface area contributed by atoms with Crippen LogP contribution < -0.4 is 5.48 Å². The van der Waals surface area contributed by atoms with Gasteiger partial charge in [0.25, 0.3) is 0 Å². The highest BCUT2D eigenvalue weighted by molar-refractivity contribution is 5.74. The average Bonchev–Trinajstić information content (AvgIpc) is 2.68. The molecule has 3 heteroatoms. The molecule has 0 radical (unpaired) electrons. The number of hydroxylamine groups is 1. The number of carbonyl (C=O) groups excluding carboxylic acids is 1. The summed E-state index contributed by atoms with van der Waals surface area (Å²) < 4.78 is 0. The van der Waals surface area contributed by atoms with E-state index >= 15 is 0 Å². The van der Waals surface area contributed by atoms with Crippen LogP contribution in [0.15, 0.2) is 0 Å². The molecule has 0 heterocycles. The lowest BCUT2D eigenvalue weighted by Crippen LogP contribution is -2.21. The van der Waals surface area contributed by atoms with Crippen LogP contribution in [-0.4, -0.2) is 11.1 Å². The summed E-state index contributed by atoms with van der Waals surface area (Å²) in [6, 6.07) is 0. The van der Waals surface area contributed by atoms with Gasteiger partial charge in [-0.2, -0.15) is 0 Å². The zero-order valence-electron chi connectivity index (χ0n) is 6.13. The summed E-state index contributed by atoms with van der Waals surface area (Å²) in [7, 11) is 0. The van der Waals surface area contributed by atoms with E-state index in [1.165, 1.54) is 12.8 Å². The lowest BCUT2D eigenvalue weighted by atomic mass is 10.0. The van der Waals surface area contributed by atoms with Gasteiger partial charge in [-0.3, -0.25) is 10.0 Å². The van der Waals surface area contributed by atoms with E-state index in [4.69, 9.17) is 5.21 Å². The zero-order valence-corrected chi connectivity index (χ0v) is 6.13. The van der Waals surface area contributed by atoms with Crippen molar-refractivity contribution in [3.8, 4) is 0 Å². The van der Waals surface area contributed by atoms with Crippen LogP contribution in [0.1, 0.15) is 26.2 Å². The van der Waals surface area contributed by atoms with Gasteiger partial charge in [0.15, 0.2) is 0 Å². The topological polar surface area (TPSA) is 49.3 Å². The van der Waals surface area contributed by atoms with E-state index < -0.39 is 0 Å². The Kier molecular flexibility index (Phi) is 2.27. The molecule has 1 atom stereocenters. The molecule has 1 unspecified atom stereocenters. The first-order valence-corrected chi connectivity index (χ1v) is 3.67. The van der Waals surface area contributed by atoms with Gasteiger partial charge in [0.1, 0.15) is 0 Å². The Bertz CT molecular complexity index is 132. The summed E-state index contributed by atoms with van der Waals surface area (Å²) in [5.41, 5.74) is 1.64. The summed E-state index contributed by atoms with van der Waals surface area (Å²) in [5.74, 6) is 0.906. The first kappa shape index (κ1) is 7.54. The Hall–Kier alpha value is -0.570. The largest absolute Gasteiger partial charge is 0.289 e. The third-order valence-electron chi connectivity index (χ3n) is 2.06. The van der Waals surface area contributed by atoms with Gasteiger partial charge in [0, 0.05) is 6.42 Å². The van der Waals surface area contributed by atoms with Crippen molar-refractivity contribution < 1.29 is 10.0 Å². The Morgan fingerprint density at radius 2 is 2.40 bits per heavy atom. The Morgan fingerprint density at radius 1 is 1.80 bits per heavy atom. The summed E-state index contributed by atoms with van der Waals surface area (Å²) >= 11 is 0. The van der Waals surface area contributed by atoms with Gasteiger partial charge >= 0.3 is 0 Å². The predicted molar refractivity (Wildman–Crippen MR) is 36.4 cm³/mol. The number of hydrogen-bond donors (Lipinski definition) is 2. The maximum absolute atomic E-state index is 10.6. The van der Waals surface area contributed by atoms with E-state index in [0.29, 0.717) is 12.3 Å². The van der Waals surface area contributed by atoms with Crippen molar-refractivity contribution in [3.05, 3.63) is 0 Å². The maximum atomic E-state index is 10.6. The van der Waals surface area contributed by atoms with Crippen molar-refractivity contribution in [2.45, 2.75) is 26.2 Å². The molecular formula is C7H13NO2. The van der Waals surface area contributed by atoms with Gasteiger partial charge in [-0.25, -0.2) is 5.48 Å². The molecule has 0 bridgehead atoms. The molecule has 1 aliphatic carbocycles. The maximum Gasteiger partial charge on any atom is 0.243 e. The molecular weight excluding hydrogens is 130 g/mol. The van der Waals surface area contributed by atoms with Gasteiger partial charge in [-0.05, 0) is 24.7 Å². The van der Waals surface area contributed by atoms with Crippen molar-refractivity contribution in [2.24, 2.45) is 11.8 Å². The number of carbonyl (C=O) groups is 1. The highest BCUT2D eigenvalue weighted by Crippen LogP contribution is 2.37. The monoisotopic (exact) mass is 143 g/mol. The van der Waals surface area contributed by atoms with E-state index in [9.17, 15) is 4.79 Å². The van der Waals surface area contributed by atoms with Crippen molar-refractivity contribution in [3.63, 3.8) is 0 Å². The molecule has 3 nitrogen and oxygen atoms in total. The molecule has 1 aliphatic rings. The Balaban J connectivity index is 2.16. The van der Waals surface area contributed by atoms with Crippen LogP contribution in [0.25, 0.3) is 0 Å². The van der Waals surface area contributed by atoms with Crippen LogP contribution in [0.3, 0.4) is 0 Å². The standard InChI is InChI=1S/C7H13NO2/c1-5(6-2-3-6)4-7(9)8-10/h5-6,10H,2-4H2,1H3,(H,8,9). The molecule has 0 aromatic heterocycles. The number of amides is 1. The Morgan fingerprint density at radius 3 is 2.80 bits per heavy atom. The first-order chi connectivity index (χ1) is 4.74. The molecule has 0 aliphatic heterocycles. The smallest absolute Gasteiger partial charge is 0.243 e. The van der Waals surface area contributed by atoms with Crippen molar-refractivity contribution in [2.75, 3.05) is 0 Å². The number of nitrogens with one attached hydrogen (secondary N) is 1. The summed E-state index contributed by atoms with van der Waals surface area (Å²) in [6.45, 7) is 2.05. The summed E-state index contributed by atoms with van der Waals surface area (Å²) in [4.78, 5) is 10.6. The highest BCUT2D eigenvalue weighted by atomic mass is 16.5. The second-order valence-corrected chi connectivity index (χ2v) is 3.05. The second kappa shape index (κ2) is 3.01. The SMILES string of the molecule is CC(CC(=O)NO)C1CC1. The third kappa shape index (κ3) is 1.99.